The fourth-order valence-electron chi connectivity index (χ4n) is 4.78. The molecule has 1 N–H and O–H groups in total. The van der Waals surface area contributed by atoms with E-state index in [2.05, 4.69) is 25.8 Å². The molecular formula is C22H27FN2O3S. The number of pyridine rings is 1. The first-order chi connectivity index (χ1) is 13.5. The fourth-order valence-corrected chi connectivity index (χ4v) is 6.65. The Hall–Kier alpha value is -1.83. The SMILES string of the molecule is CC(C)(C)c1ccc(S(=O)(=O)N2[C@@H]3CC[C@H]2CC(O)(c2cccnc2F)C3)cc1. The third kappa shape index (κ3) is 3.49. The van der Waals surface area contributed by atoms with Gasteiger partial charge in [0.15, 0.2) is 0 Å². The largest absolute Gasteiger partial charge is 0.385 e. The van der Waals surface area contributed by atoms with Gasteiger partial charge >= 0.3 is 0 Å². The van der Waals surface area contributed by atoms with Gasteiger partial charge in [0.25, 0.3) is 0 Å². The number of sulfonamides is 1. The molecule has 3 atom stereocenters. The van der Waals surface area contributed by atoms with Crippen LogP contribution in [0.3, 0.4) is 0 Å². The van der Waals surface area contributed by atoms with E-state index in [9.17, 15) is 17.9 Å². The van der Waals surface area contributed by atoms with Gasteiger partial charge in [0.05, 0.1) is 10.5 Å². The first kappa shape index (κ1) is 20.4. The molecule has 3 heterocycles. The van der Waals surface area contributed by atoms with Crippen molar-refractivity contribution in [3.63, 3.8) is 0 Å². The molecular weight excluding hydrogens is 391 g/mol. The lowest BCUT2D eigenvalue weighted by atomic mass is 9.82. The van der Waals surface area contributed by atoms with Crippen LogP contribution in [0.2, 0.25) is 0 Å². The van der Waals surface area contributed by atoms with Crippen LogP contribution in [-0.2, 0) is 21.0 Å². The maximum atomic E-state index is 14.2. The average Bonchev–Trinajstić information content (AvgIpc) is 2.95. The molecule has 0 radical (unpaired) electrons. The first-order valence-electron chi connectivity index (χ1n) is 10.00. The minimum Gasteiger partial charge on any atom is -0.385 e. The summed E-state index contributed by atoms with van der Waals surface area (Å²) in [6.45, 7) is 6.25. The number of aromatic nitrogens is 1. The second kappa shape index (κ2) is 6.86. The monoisotopic (exact) mass is 418 g/mol. The van der Waals surface area contributed by atoms with Crippen LogP contribution in [0.5, 0.6) is 0 Å². The van der Waals surface area contributed by atoms with Gasteiger partial charge in [0.1, 0.15) is 0 Å². The van der Waals surface area contributed by atoms with E-state index in [1.54, 1.807) is 22.5 Å². The van der Waals surface area contributed by atoms with Gasteiger partial charge in [0, 0.05) is 23.8 Å². The Labute approximate surface area is 171 Å². The topological polar surface area (TPSA) is 70.5 Å². The number of hydrogen-bond acceptors (Lipinski definition) is 4. The van der Waals surface area contributed by atoms with Gasteiger partial charge in [-0.2, -0.15) is 8.70 Å². The molecule has 1 unspecified atom stereocenters. The molecule has 156 valence electrons. The number of piperidine rings is 1. The summed E-state index contributed by atoms with van der Waals surface area (Å²) in [5.41, 5.74) is -0.230. The van der Waals surface area contributed by atoms with Crippen LogP contribution in [0.1, 0.15) is 57.6 Å². The van der Waals surface area contributed by atoms with Crippen LogP contribution in [0.4, 0.5) is 4.39 Å². The van der Waals surface area contributed by atoms with Crippen LogP contribution in [0, 0.1) is 5.95 Å². The molecule has 2 bridgehead atoms. The Morgan fingerprint density at radius 1 is 1.10 bits per heavy atom. The van der Waals surface area contributed by atoms with Crippen molar-refractivity contribution >= 4 is 10.0 Å². The maximum absolute atomic E-state index is 14.2. The van der Waals surface area contributed by atoms with E-state index in [1.165, 1.54) is 12.3 Å². The summed E-state index contributed by atoms with van der Waals surface area (Å²) < 4.78 is 42.5. The number of benzene rings is 1. The minimum atomic E-state index is -3.69. The molecule has 1 aromatic carbocycles. The number of nitrogens with zero attached hydrogens (tertiary/aromatic N) is 2. The third-order valence-electron chi connectivity index (χ3n) is 6.26. The Morgan fingerprint density at radius 3 is 2.21 bits per heavy atom. The highest BCUT2D eigenvalue weighted by Crippen LogP contribution is 2.48. The molecule has 0 spiro atoms. The molecule has 2 aliphatic heterocycles. The van der Waals surface area contributed by atoms with Crippen molar-refractivity contribution < 1.29 is 17.9 Å². The number of halogens is 1. The summed E-state index contributed by atoms with van der Waals surface area (Å²) >= 11 is 0. The van der Waals surface area contributed by atoms with E-state index in [0.717, 1.165) is 5.56 Å². The number of fused-ring (bicyclic) bond motifs is 2. The highest BCUT2D eigenvalue weighted by molar-refractivity contribution is 7.89. The van der Waals surface area contributed by atoms with Gasteiger partial charge in [-0.3, -0.25) is 0 Å². The predicted molar refractivity (Wildman–Crippen MR) is 108 cm³/mol. The molecule has 0 amide bonds. The molecule has 1 aromatic heterocycles. The average molecular weight is 419 g/mol. The molecule has 7 heteroatoms. The van der Waals surface area contributed by atoms with Gasteiger partial charge in [-0.05, 0) is 54.9 Å². The van der Waals surface area contributed by atoms with E-state index in [4.69, 9.17) is 0 Å². The van der Waals surface area contributed by atoms with Crippen molar-refractivity contribution in [1.29, 1.82) is 0 Å². The second-order valence-electron chi connectivity index (χ2n) is 9.28. The lowest BCUT2D eigenvalue weighted by molar-refractivity contribution is -0.0370. The standard InChI is InChI=1S/C22H27FN2O3S/c1-21(2,3)15-6-10-18(11-7-15)29(27,28)25-16-8-9-17(25)14-22(26,13-16)19-5-4-12-24-20(19)23/h4-7,10-12,16-17,26H,8-9,13-14H2,1-3H3/t16-,17+,22?. The van der Waals surface area contributed by atoms with Crippen molar-refractivity contribution in [2.75, 3.05) is 0 Å². The molecule has 0 aliphatic carbocycles. The summed E-state index contributed by atoms with van der Waals surface area (Å²) in [6, 6.07) is 9.47. The summed E-state index contributed by atoms with van der Waals surface area (Å²) in [7, 11) is -3.69. The maximum Gasteiger partial charge on any atom is 0.243 e. The van der Waals surface area contributed by atoms with Crippen molar-refractivity contribution in [2.45, 2.75) is 74.4 Å². The van der Waals surface area contributed by atoms with Gasteiger partial charge in [0.2, 0.25) is 16.0 Å². The first-order valence-corrected chi connectivity index (χ1v) is 11.4. The zero-order valence-electron chi connectivity index (χ0n) is 17.0. The molecule has 2 aromatic rings. The van der Waals surface area contributed by atoms with Crippen LogP contribution in [-0.4, -0.2) is 34.9 Å². The highest BCUT2D eigenvalue weighted by atomic mass is 32.2. The van der Waals surface area contributed by atoms with Crippen LogP contribution >= 0.6 is 0 Å². The van der Waals surface area contributed by atoms with Crippen LogP contribution in [0.25, 0.3) is 0 Å². The summed E-state index contributed by atoms with van der Waals surface area (Å²) in [5, 5.41) is 11.2. The van der Waals surface area contributed by atoms with Gasteiger partial charge in [-0.15, -0.1) is 0 Å². The molecule has 2 aliphatic rings. The smallest absolute Gasteiger partial charge is 0.243 e. The fraction of sp³-hybridized carbons (Fsp3) is 0.500. The van der Waals surface area contributed by atoms with Crippen molar-refractivity contribution in [2.24, 2.45) is 0 Å². The Bertz CT molecular complexity index is 1000. The van der Waals surface area contributed by atoms with Crippen molar-refractivity contribution in [1.82, 2.24) is 9.29 Å². The predicted octanol–water partition coefficient (Wildman–Crippen LogP) is 3.72. The molecule has 2 saturated heterocycles. The second-order valence-corrected chi connectivity index (χ2v) is 11.1. The molecule has 5 nitrogen and oxygen atoms in total. The lowest BCUT2D eigenvalue weighted by Crippen LogP contribution is -2.52. The minimum absolute atomic E-state index is 0.0588. The normalized spacial score (nSPS) is 27.9. The zero-order valence-corrected chi connectivity index (χ0v) is 17.8. The van der Waals surface area contributed by atoms with E-state index >= 15 is 0 Å². The number of aliphatic hydroxyl groups is 1. The lowest BCUT2D eigenvalue weighted by Gasteiger charge is -2.43. The number of rotatable bonds is 3. The van der Waals surface area contributed by atoms with Crippen molar-refractivity contribution in [3.05, 3.63) is 59.7 Å². The zero-order chi connectivity index (χ0) is 21.0. The third-order valence-corrected chi connectivity index (χ3v) is 8.27. The molecule has 29 heavy (non-hydrogen) atoms. The quantitative estimate of drug-likeness (QED) is 0.772. The summed E-state index contributed by atoms with van der Waals surface area (Å²) in [6.07, 6.45) is 3.01. The Morgan fingerprint density at radius 2 is 1.69 bits per heavy atom. The van der Waals surface area contributed by atoms with Crippen molar-refractivity contribution in [3.8, 4) is 0 Å². The van der Waals surface area contributed by atoms with E-state index < -0.39 is 21.6 Å². The van der Waals surface area contributed by atoms with E-state index in [0.29, 0.717) is 12.8 Å². The summed E-state index contributed by atoms with van der Waals surface area (Å²) in [4.78, 5) is 3.92. The van der Waals surface area contributed by atoms with Crippen LogP contribution in [0.15, 0.2) is 47.5 Å². The molecule has 0 saturated carbocycles. The number of hydrogen-bond donors (Lipinski definition) is 1. The molecule has 2 fully saturated rings. The molecule has 4 rings (SSSR count). The van der Waals surface area contributed by atoms with Crippen LogP contribution < -0.4 is 0 Å². The Balaban J connectivity index is 1.64. The van der Waals surface area contributed by atoms with Gasteiger partial charge < -0.3 is 5.11 Å². The van der Waals surface area contributed by atoms with Gasteiger partial charge in [-0.25, -0.2) is 13.4 Å². The van der Waals surface area contributed by atoms with Gasteiger partial charge in [-0.1, -0.05) is 39.0 Å². The van der Waals surface area contributed by atoms with E-state index in [1.807, 2.05) is 12.1 Å². The highest BCUT2D eigenvalue weighted by Gasteiger charge is 2.53. The Kier molecular flexibility index (Phi) is 4.83. The van der Waals surface area contributed by atoms with E-state index in [-0.39, 0.29) is 40.8 Å². The summed E-state index contributed by atoms with van der Waals surface area (Å²) in [5.74, 6) is -0.691.